The summed E-state index contributed by atoms with van der Waals surface area (Å²) in [6, 6.07) is 24.4. The van der Waals surface area contributed by atoms with Crippen LogP contribution >= 0.6 is 0 Å². The number of esters is 2. The Labute approximate surface area is 203 Å². The van der Waals surface area contributed by atoms with Crippen LogP contribution < -0.4 is 14.2 Å². The van der Waals surface area contributed by atoms with Crippen LogP contribution in [0.25, 0.3) is 6.08 Å². The minimum Gasteiger partial charge on any atom is -0.490 e. The quantitative estimate of drug-likeness (QED) is 0.188. The highest BCUT2D eigenvalue weighted by Crippen LogP contribution is 2.25. The van der Waals surface area contributed by atoms with Crippen molar-refractivity contribution < 1.29 is 33.3 Å². The molecule has 1 aliphatic heterocycles. The van der Waals surface area contributed by atoms with Crippen LogP contribution in [0.15, 0.2) is 84.4 Å². The Bertz CT molecular complexity index is 1180. The van der Waals surface area contributed by atoms with E-state index in [0.717, 1.165) is 11.3 Å². The van der Waals surface area contributed by atoms with Crippen molar-refractivity contribution in [3.8, 4) is 17.2 Å². The van der Waals surface area contributed by atoms with E-state index in [1.165, 1.54) is 19.9 Å². The maximum atomic E-state index is 12.1. The third-order valence-corrected chi connectivity index (χ3v) is 4.98. The largest absolute Gasteiger partial charge is 0.490 e. The first-order valence-corrected chi connectivity index (χ1v) is 11.2. The number of hydrogen-bond acceptors (Lipinski definition) is 7. The standard InChI is InChI=1S/C28H26O7/c1-28(2)34-26(29)25(27(30)35-28)18-21-9-6-10-24(17-21)32-16-15-31-22-11-13-23(14-12-22)33-19-20-7-4-3-5-8-20/h3-14,17-18H,15-16,19H2,1-2H3. The van der Waals surface area contributed by atoms with Crippen molar-refractivity contribution in [1.29, 1.82) is 0 Å². The van der Waals surface area contributed by atoms with E-state index in [-0.39, 0.29) is 5.57 Å². The molecule has 7 heteroatoms. The fraction of sp³-hybridized carbons (Fsp3) is 0.214. The van der Waals surface area contributed by atoms with E-state index in [0.29, 0.717) is 36.9 Å². The van der Waals surface area contributed by atoms with Crippen molar-refractivity contribution in [3.05, 3.63) is 95.6 Å². The van der Waals surface area contributed by atoms with Gasteiger partial charge in [0.2, 0.25) is 0 Å². The molecule has 0 bridgehead atoms. The number of carbonyl (C=O) groups is 2. The average Bonchev–Trinajstić information content (AvgIpc) is 2.84. The van der Waals surface area contributed by atoms with Gasteiger partial charge in [-0.2, -0.15) is 0 Å². The van der Waals surface area contributed by atoms with Gasteiger partial charge in [-0.25, -0.2) is 9.59 Å². The number of rotatable bonds is 9. The summed E-state index contributed by atoms with van der Waals surface area (Å²) < 4.78 is 27.5. The smallest absolute Gasteiger partial charge is 0.348 e. The molecule has 3 aromatic rings. The lowest BCUT2D eigenvalue weighted by molar-refractivity contribution is -0.222. The predicted octanol–water partition coefficient (Wildman–Crippen LogP) is 4.94. The Kier molecular flexibility index (Phi) is 7.35. The van der Waals surface area contributed by atoms with Gasteiger partial charge in [0, 0.05) is 13.8 Å². The number of benzene rings is 3. The normalized spacial score (nSPS) is 14.5. The van der Waals surface area contributed by atoms with Gasteiger partial charge in [-0.1, -0.05) is 42.5 Å². The fourth-order valence-corrected chi connectivity index (χ4v) is 3.33. The maximum Gasteiger partial charge on any atom is 0.348 e. The molecular weight excluding hydrogens is 448 g/mol. The van der Waals surface area contributed by atoms with Crippen LogP contribution in [-0.4, -0.2) is 30.9 Å². The molecule has 1 aliphatic rings. The van der Waals surface area contributed by atoms with Crippen molar-refractivity contribution in [3.63, 3.8) is 0 Å². The molecule has 0 spiro atoms. The topological polar surface area (TPSA) is 80.3 Å². The Morgan fingerprint density at radius 3 is 1.97 bits per heavy atom. The fourth-order valence-electron chi connectivity index (χ4n) is 3.33. The molecule has 0 saturated carbocycles. The molecule has 0 radical (unpaired) electrons. The molecule has 1 heterocycles. The van der Waals surface area contributed by atoms with Gasteiger partial charge >= 0.3 is 11.9 Å². The van der Waals surface area contributed by atoms with Crippen LogP contribution in [0.1, 0.15) is 25.0 Å². The van der Waals surface area contributed by atoms with Crippen LogP contribution in [-0.2, 0) is 25.7 Å². The molecular formula is C28H26O7. The lowest BCUT2D eigenvalue weighted by Crippen LogP contribution is -2.41. The van der Waals surface area contributed by atoms with Crippen molar-refractivity contribution in [2.45, 2.75) is 26.2 Å². The van der Waals surface area contributed by atoms with Crippen LogP contribution in [0.4, 0.5) is 0 Å². The van der Waals surface area contributed by atoms with Crippen LogP contribution in [0.3, 0.4) is 0 Å². The average molecular weight is 475 g/mol. The zero-order valence-electron chi connectivity index (χ0n) is 19.6. The molecule has 35 heavy (non-hydrogen) atoms. The molecule has 4 rings (SSSR count). The van der Waals surface area contributed by atoms with Crippen LogP contribution in [0, 0.1) is 0 Å². The minimum atomic E-state index is -1.27. The molecule has 1 saturated heterocycles. The van der Waals surface area contributed by atoms with E-state index in [9.17, 15) is 9.59 Å². The summed E-state index contributed by atoms with van der Waals surface area (Å²) >= 11 is 0. The second kappa shape index (κ2) is 10.8. The summed E-state index contributed by atoms with van der Waals surface area (Å²) in [5.41, 5.74) is 1.55. The third kappa shape index (κ3) is 6.86. The summed E-state index contributed by atoms with van der Waals surface area (Å²) in [5.74, 6) is -0.670. The molecule has 7 nitrogen and oxygen atoms in total. The van der Waals surface area contributed by atoms with Gasteiger partial charge in [0.15, 0.2) is 0 Å². The number of cyclic esters (lactones) is 2. The van der Waals surface area contributed by atoms with Gasteiger partial charge < -0.3 is 23.7 Å². The summed E-state index contributed by atoms with van der Waals surface area (Å²) in [6.07, 6.45) is 1.42. The number of hydrogen-bond donors (Lipinski definition) is 0. The summed E-state index contributed by atoms with van der Waals surface area (Å²) in [5, 5.41) is 0. The third-order valence-electron chi connectivity index (χ3n) is 4.98. The van der Waals surface area contributed by atoms with Crippen LogP contribution in [0.2, 0.25) is 0 Å². The first-order valence-electron chi connectivity index (χ1n) is 11.2. The summed E-state index contributed by atoms with van der Waals surface area (Å²) in [6.45, 7) is 4.16. The molecule has 3 aromatic carbocycles. The second-order valence-electron chi connectivity index (χ2n) is 8.25. The molecule has 0 atom stereocenters. The van der Waals surface area contributed by atoms with Gasteiger partial charge in [0.25, 0.3) is 5.79 Å². The van der Waals surface area contributed by atoms with Gasteiger partial charge in [-0.3, -0.25) is 0 Å². The molecule has 0 N–H and O–H groups in total. The van der Waals surface area contributed by atoms with E-state index in [4.69, 9.17) is 23.7 Å². The van der Waals surface area contributed by atoms with Crippen LogP contribution in [0.5, 0.6) is 17.2 Å². The lowest BCUT2D eigenvalue weighted by Gasteiger charge is -2.29. The molecule has 180 valence electrons. The second-order valence-corrected chi connectivity index (χ2v) is 8.25. The Morgan fingerprint density at radius 2 is 1.31 bits per heavy atom. The zero-order valence-corrected chi connectivity index (χ0v) is 19.6. The van der Waals surface area contributed by atoms with Gasteiger partial charge in [0.05, 0.1) is 0 Å². The zero-order chi connectivity index (χ0) is 24.7. The maximum absolute atomic E-state index is 12.1. The van der Waals surface area contributed by atoms with E-state index < -0.39 is 17.7 Å². The van der Waals surface area contributed by atoms with Crippen molar-refractivity contribution >= 4 is 18.0 Å². The van der Waals surface area contributed by atoms with Crippen molar-refractivity contribution in [1.82, 2.24) is 0 Å². The molecule has 0 aliphatic carbocycles. The van der Waals surface area contributed by atoms with E-state index >= 15 is 0 Å². The Hall–Kier alpha value is -4.26. The SMILES string of the molecule is CC1(C)OC(=O)C(=Cc2cccc(OCCOc3ccc(OCc4ccccc4)cc3)c2)C(=O)O1. The Morgan fingerprint density at radius 1 is 0.714 bits per heavy atom. The number of carbonyl (C=O) groups excluding carboxylic acids is 2. The summed E-state index contributed by atoms with van der Waals surface area (Å²) in [7, 11) is 0. The minimum absolute atomic E-state index is 0.166. The number of ether oxygens (including phenoxy) is 5. The van der Waals surface area contributed by atoms with Gasteiger partial charge in [-0.05, 0) is 53.6 Å². The lowest BCUT2D eigenvalue weighted by atomic mass is 10.1. The van der Waals surface area contributed by atoms with Gasteiger partial charge in [-0.15, -0.1) is 0 Å². The highest BCUT2D eigenvalue weighted by atomic mass is 16.7. The molecule has 0 aromatic heterocycles. The summed E-state index contributed by atoms with van der Waals surface area (Å²) in [4.78, 5) is 24.3. The first-order chi connectivity index (χ1) is 16.9. The molecule has 0 unspecified atom stereocenters. The van der Waals surface area contributed by atoms with Crippen molar-refractivity contribution in [2.24, 2.45) is 0 Å². The highest BCUT2D eigenvalue weighted by Gasteiger charge is 2.38. The molecule has 1 fully saturated rings. The van der Waals surface area contributed by atoms with Crippen molar-refractivity contribution in [2.75, 3.05) is 13.2 Å². The first kappa shape index (κ1) is 23.9. The monoisotopic (exact) mass is 474 g/mol. The highest BCUT2D eigenvalue weighted by molar-refractivity contribution is 6.18. The predicted molar refractivity (Wildman–Crippen MR) is 129 cm³/mol. The van der Waals surface area contributed by atoms with Gasteiger partial charge in [0.1, 0.15) is 42.6 Å². The van der Waals surface area contributed by atoms with E-state index in [1.807, 2.05) is 54.6 Å². The molecule has 0 amide bonds. The van der Waals surface area contributed by atoms with E-state index in [1.54, 1.807) is 24.3 Å². The van der Waals surface area contributed by atoms with E-state index in [2.05, 4.69) is 0 Å². The Balaban J connectivity index is 1.24.